The van der Waals surface area contributed by atoms with Crippen molar-refractivity contribution in [3.63, 3.8) is 0 Å². The molecule has 110 heavy (non-hydrogen) atoms. The third-order valence-electron chi connectivity index (χ3n) is 23.7. The number of hydrogen-bond donors (Lipinski definition) is 15. The van der Waals surface area contributed by atoms with Gasteiger partial charge in [0.25, 0.3) is 0 Å². The monoisotopic (exact) mass is 1560 g/mol. The van der Waals surface area contributed by atoms with Gasteiger partial charge in [-0.05, 0) is 167 Å². The second-order valence-corrected chi connectivity index (χ2v) is 33.2. The molecule has 0 amide bonds. The molecule has 0 spiro atoms. The van der Waals surface area contributed by atoms with Gasteiger partial charge in [0.2, 0.25) is 11.6 Å². The number of cyclic esters (lactones) is 1. The summed E-state index contributed by atoms with van der Waals surface area (Å²) in [6.45, 7) is 20.0. The Labute approximate surface area is 647 Å². The van der Waals surface area contributed by atoms with Crippen LogP contribution < -0.4 is 0 Å². The van der Waals surface area contributed by atoms with E-state index in [0.29, 0.717) is 36.8 Å². The van der Waals surface area contributed by atoms with E-state index in [1.165, 1.54) is 18.2 Å². The van der Waals surface area contributed by atoms with E-state index >= 15 is 0 Å². The van der Waals surface area contributed by atoms with Gasteiger partial charge in [0.1, 0.15) is 18.3 Å². The van der Waals surface area contributed by atoms with Crippen molar-refractivity contribution in [2.24, 2.45) is 35.5 Å². The summed E-state index contributed by atoms with van der Waals surface area (Å²) in [6.07, 6.45) is -17.0. The minimum atomic E-state index is -2.58. The first kappa shape index (κ1) is 92.7. The summed E-state index contributed by atoms with van der Waals surface area (Å²) in [5.41, 5.74) is -0.295. The number of benzene rings is 1. The van der Waals surface area contributed by atoms with Crippen LogP contribution >= 0.6 is 0 Å². The molecule has 1 aliphatic carbocycles. The quantitative estimate of drug-likeness (QED) is 0.0778. The maximum atomic E-state index is 14.3. The summed E-state index contributed by atoms with van der Waals surface area (Å²) in [5, 5.41) is 168. The zero-order chi connectivity index (χ0) is 81.5. The number of rotatable bonds is 16. The molecule has 28 nitrogen and oxygen atoms in total. The van der Waals surface area contributed by atoms with Crippen molar-refractivity contribution in [1.29, 1.82) is 0 Å². The van der Waals surface area contributed by atoms with E-state index in [2.05, 4.69) is 0 Å². The standard InChI is InChI=1S/C82H130O28/c1-13-66(106-70-40-81(12,101)79(50(11)105-70)108-69-38-65(93)77(49(10)104-69)109-80(100)45(6)71(67-30-29-63(91)48(9)103-67)51-25-28-61-62(32-51)64(92)31-43(4)72(61)95)44(5)74(97)46(7)75(98)47(8)76-42(3)24-27-53(84)18-15-20-56(87)34-57(88)35-58(89)36-60-37-59(90)39-82(102,110-60)78(99)73(96)41(2)23-26-52(83)17-14-19-54(85)33-55(86)21-16-22-68(94)107-76/h16,22,24-25,27-28,31-32,41-42,44-50,52-60,63,65-67,69-71,73-77,79,83-91,93,96-98,101-102H,13-15,17-21,23,26,29-30,33-40H2,1-12H3/b22-16+,27-24+/t41?,42-,44-,45-,46+,47-,48-,49-,50-,52?,53?,54?,55?,56-,57-,58+,59+,60-,63-,65-,66+,67+,69-,70-,71+,73?,74-,75-,76-,77+,79+,81+,82-/m0/s1. The number of allylic oxidation sites excluding steroid dienone is 2. The van der Waals surface area contributed by atoms with E-state index in [1.807, 2.05) is 6.92 Å². The number of ether oxygens (including phenoxy) is 8. The summed E-state index contributed by atoms with van der Waals surface area (Å²) >= 11 is 0. The van der Waals surface area contributed by atoms with Crippen LogP contribution in [0.15, 0.2) is 54.2 Å². The molecule has 4 fully saturated rings. The van der Waals surface area contributed by atoms with Gasteiger partial charge in [0.15, 0.2) is 30.3 Å². The van der Waals surface area contributed by atoms with Crippen molar-refractivity contribution in [3.8, 4) is 0 Å². The molecule has 5 aliphatic heterocycles. The molecule has 2 bridgehead atoms. The molecule has 626 valence electrons. The molecule has 1 aromatic carbocycles. The Balaban J connectivity index is 0.953. The van der Waals surface area contributed by atoms with Crippen molar-refractivity contribution in [1.82, 2.24) is 0 Å². The van der Waals surface area contributed by atoms with E-state index in [1.54, 1.807) is 100 Å². The number of fused-ring (bicyclic) bond motifs is 3. The lowest BCUT2D eigenvalue weighted by molar-refractivity contribution is -0.336. The average Bonchev–Trinajstić information content (AvgIpc) is 0.782. The Morgan fingerprint density at radius 2 is 1.26 bits per heavy atom. The topological polar surface area (TPSA) is 463 Å². The predicted molar refractivity (Wildman–Crippen MR) is 399 cm³/mol. The van der Waals surface area contributed by atoms with Crippen molar-refractivity contribution in [3.05, 3.63) is 70.8 Å². The molecule has 4 saturated heterocycles. The number of ketones is 3. The molecule has 28 heteroatoms. The number of carbonyl (C=O) groups excluding carboxylic acids is 5. The molecule has 6 aliphatic rings. The lowest BCUT2D eigenvalue weighted by atomic mass is 9.77. The van der Waals surface area contributed by atoms with Gasteiger partial charge in [-0.25, -0.2) is 4.79 Å². The number of Topliss-reactive ketones (excluding diaryl/α,β-unsaturated/α-hetero) is 2. The van der Waals surface area contributed by atoms with Gasteiger partial charge in [0.05, 0.1) is 121 Å². The van der Waals surface area contributed by atoms with E-state index in [-0.39, 0.29) is 119 Å². The fourth-order valence-electron chi connectivity index (χ4n) is 16.9. The van der Waals surface area contributed by atoms with Crippen LogP contribution in [0.1, 0.15) is 244 Å². The molecule has 1 aromatic rings. The maximum Gasteiger partial charge on any atom is 0.330 e. The highest BCUT2D eigenvalue weighted by molar-refractivity contribution is 6.24. The fraction of sp³-hybridized carbons (Fsp3) is 0.793. The van der Waals surface area contributed by atoms with Gasteiger partial charge in [-0.3, -0.25) is 19.2 Å². The number of aliphatic hydroxyl groups is 15. The molecule has 0 radical (unpaired) electrons. The van der Waals surface area contributed by atoms with Crippen molar-refractivity contribution in [2.45, 2.75) is 376 Å². The molecule has 5 heterocycles. The van der Waals surface area contributed by atoms with Crippen LogP contribution in [0, 0.1) is 35.5 Å². The van der Waals surface area contributed by atoms with Crippen LogP contribution in [-0.2, 0) is 52.3 Å². The fourth-order valence-corrected chi connectivity index (χ4v) is 16.9. The zero-order valence-electron chi connectivity index (χ0n) is 66.2. The smallest absolute Gasteiger partial charge is 0.330 e. The molecule has 6 unspecified atom stereocenters. The minimum absolute atomic E-state index is 0.0570. The summed E-state index contributed by atoms with van der Waals surface area (Å²) < 4.78 is 49.7. The summed E-state index contributed by atoms with van der Waals surface area (Å²) in [4.78, 5) is 67.7. The average molecular weight is 1560 g/mol. The van der Waals surface area contributed by atoms with Crippen LogP contribution in [0.5, 0.6) is 0 Å². The third-order valence-corrected chi connectivity index (χ3v) is 23.7. The molecule has 33 atom stereocenters. The van der Waals surface area contributed by atoms with Gasteiger partial charge in [-0.1, -0.05) is 78.8 Å². The lowest BCUT2D eigenvalue weighted by Crippen LogP contribution is -2.59. The van der Waals surface area contributed by atoms with Crippen LogP contribution in [0.3, 0.4) is 0 Å². The first-order valence-electron chi connectivity index (χ1n) is 40.1. The first-order chi connectivity index (χ1) is 51.6. The molecule has 15 N–H and O–H groups in total. The second kappa shape index (κ2) is 41.9. The highest BCUT2D eigenvalue weighted by Gasteiger charge is 2.52. The normalized spacial score (nSPS) is 40.2. The second-order valence-electron chi connectivity index (χ2n) is 33.2. The largest absolute Gasteiger partial charge is 0.458 e. The van der Waals surface area contributed by atoms with Crippen LogP contribution in [0.2, 0.25) is 0 Å². The van der Waals surface area contributed by atoms with Crippen molar-refractivity contribution in [2.75, 3.05) is 0 Å². The van der Waals surface area contributed by atoms with Crippen LogP contribution in [0.4, 0.5) is 0 Å². The minimum Gasteiger partial charge on any atom is -0.458 e. The Kier molecular flexibility index (Phi) is 35.3. The highest BCUT2D eigenvalue weighted by Crippen LogP contribution is 2.42. The molecule has 0 aromatic heterocycles. The first-order valence-corrected chi connectivity index (χ1v) is 40.1. The third kappa shape index (κ3) is 25.5. The SMILES string of the molecule is CC[C@@H](O[C@H]1C[C@@](C)(O)[C@H](O[C@H]2C[C@H](O)[C@H](OC(=O)[C@@H](C)[C@H](c3ccc4c(c3)C(=O)C=C(C)C4=O)[C@H]3CC[C@H](O)[C@H](C)O3)[C@H](C)O2)[C@H](C)O1)[C@H](C)[C@H](O)[C@@H](C)[C@H](O)[C@H](C)[C@H]1OC(=O)/C=C/CC(O)CC(O)CCCC(O)CCC(C)C(O)C(=O)[C@]2(O)C[C@H](O)C[C@H](C[C@H](O)C[C@@H](O)C[C@@H](O)CCCC(O)/C=C/[C@@H]1C)O2. The van der Waals surface area contributed by atoms with Crippen molar-refractivity contribution < 1.29 is 138 Å². The Morgan fingerprint density at radius 1 is 0.636 bits per heavy atom. The van der Waals surface area contributed by atoms with E-state index in [9.17, 15) is 101 Å². The van der Waals surface area contributed by atoms with Gasteiger partial charge < -0.3 is 114 Å². The number of carbonyl (C=O) groups is 5. The van der Waals surface area contributed by atoms with Crippen LogP contribution in [-0.4, -0.2) is 264 Å². The molecule has 0 saturated carbocycles. The zero-order valence-corrected chi connectivity index (χ0v) is 66.2. The van der Waals surface area contributed by atoms with Gasteiger partial charge in [-0.15, -0.1) is 0 Å². The van der Waals surface area contributed by atoms with E-state index < -0.39 is 224 Å². The highest BCUT2D eigenvalue weighted by atomic mass is 16.7. The maximum absolute atomic E-state index is 14.3. The van der Waals surface area contributed by atoms with Gasteiger partial charge in [-0.2, -0.15) is 0 Å². The van der Waals surface area contributed by atoms with Gasteiger partial charge in [0, 0.05) is 71.6 Å². The number of esters is 2. The predicted octanol–water partition coefficient (Wildman–Crippen LogP) is 4.83. The van der Waals surface area contributed by atoms with E-state index in [0.717, 1.165) is 6.08 Å². The van der Waals surface area contributed by atoms with Crippen LogP contribution in [0.25, 0.3) is 0 Å². The Morgan fingerprint density at radius 3 is 1.92 bits per heavy atom. The summed E-state index contributed by atoms with van der Waals surface area (Å²) in [5.74, 6) is -11.3. The van der Waals surface area contributed by atoms with E-state index in [4.69, 9.17) is 37.9 Å². The van der Waals surface area contributed by atoms with Crippen molar-refractivity contribution >= 4 is 29.3 Å². The summed E-state index contributed by atoms with van der Waals surface area (Å²) in [7, 11) is 0. The molecular formula is C82H130O28. The Hall–Kier alpha value is -4.45. The number of aliphatic hydroxyl groups excluding tert-OH is 13. The molecule has 7 rings (SSSR count). The molecular weight excluding hydrogens is 1430 g/mol. The number of hydrogen-bond acceptors (Lipinski definition) is 28. The Bertz CT molecular complexity index is 3180. The van der Waals surface area contributed by atoms with Gasteiger partial charge >= 0.3 is 11.9 Å². The lowest BCUT2D eigenvalue weighted by Gasteiger charge is -2.48. The summed E-state index contributed by atoms with van der Waals surface area (Å²) in [6, 6.07) is 4.88.